The highest BCUT2D eigenvalue weighted by Crippen LogP contribution is 2.32. The van der Waals surface area contributed by atoms with E-state index in [2.05, 4.69) is 5.32 Å². The van der Waals surface area contributed by atoms with Crippen LogP contribution in [0.2, 0.25) is 0 Å². The topological polar surface area (TPSA) is 102 Å². The van der Waals surface area contributed by atoms with Gasteiger partial charge in [-0.2, -0.15) is 4.31 Å². The van der Waals surface area contributed by atoms with Gasteiger partial charge in [-0.15, -0.1) is 12.4 Å². The number of hydrogen-bond acceptors (Lipinski definition) is 6. The first-order valence-corrected chi connectivity index (χ1v) is 9.31. The lowest BCUT2D eigenvalue weighted by molar-refractivity contribution is -0.385. The van der Waals surface area contributed by atoms with Gasteiger partial charge in [-0.1, -0.05) is 0 Å². The summed E-state index contributed by atoms with van der Waals surface area (Å²) in [6.07, 6.45) is 2.60. The zero-order valence-corrected chi connectivity index (χ0v) is 15.9. The SMILES string of the molecule is CNCCC1CCN(S(=O)(=O)c2cc([N+](=O)[O-])ccc2OC)CC1.Cl. The Morgan fingerprint density at radius 2 is 2.00 bits per heavy atom. The molecule has 0 unspecified atom stereocenters. The molecule has 8 nitrogen and oxygen atoms in total. The minimum atomic E-state index is -3.82. The zero-order chi connectivity index (χ0) is 17.7. The number of ether oxygens (including phenoxy) is 1. The Morgan fingerprint density at radius 3 is 2.52 bits per heavy atom. The highest BCUT2D eigenvalue weighted by molar-refractivity contribution is 7.89. The molecule has 0 aromatic heterocycles. The second kappa shape index (κ2) is 9.33. The molecule has 1 aromatic rings. The van der Waals surface area contributed by atoms with Crippen molar-refractivity contribution in [2.75, 3.05) is 33.8 Å². The molecule has 25 heavy (non-hydrogen) atoms. The number of nitrogens with one attached hydrogen (secondary N) is 1. The Morgan fingerprint density at radius 1 is 1.36 bits per heavy atom. The lowest BCUT2D eigenvalue weighted by atomic mass is 9.95. The fourth-order valence-corrected chi connectivity index (χ4v) is 4.55. The molecule has 0 aliphatic carbocycles. The first-order valence-electron chi connectivity index (χ1n) is 7.87. The van der Waals surface area contributed by atoms with Crippen molar-refractivity contribution >= 4 is 28.1 Å². The van der Waals surface area contributed by atoms with E-state index in [1.807, 2.05) is 7.05 Å². The number of halogens is 1. The van der Waals surface area contributed by atoms with Crippen LogP contribution in [0.15, 0.2) is 23.1 Å². The van der Waals surface area contributed by atoms with E-state index in [4.69, 9.17) is 4.74 Å². The van der Waals surface area contributed by atoms with E-state index in [9.17, 15) is 18.5 Å². The minimum Gasteiger partial charge on any atom is -0.495 e. The zero-order valence-electron chi connectivity index (χ0n) is 14.3. The lowest BCUT2D eigenvalue weighted by Crippen LogP contribution is -2.39. The number of sulfonamides is 1. The maximum atomic E-state index is 12.9. The summed E-state index contributed by atoms with van der Waals surface area (Å²) in [4.78, 5) is 10.2. The summed E-state index contributed by atoms with van der Waals surface area (Å²) in [6.45, 7) is 1.75. The van der Waals surface area contributed by atoms with Gasteiger partial charge in [-0.3, -0.25) is 10.1 Å². The van der Waals surface area contributed by atoms with E-state index < -0.39 is 14.9 Å². The molecule has 0 amide bonds. The van der Waals surface area contributed by atoms with Gasteiger partial charge in [0.1, 0.15) is 10.6 Å². The van der Waals surface area contributed by atoms with E-state index in [1.54, 1.807) is 0 Å². The summed E-state index contributed by atoms with van der Waals surface area (Å²) in [5, 5.41) is 14.1. The molecular weight excluding hydrogens is 370 g/mol. The van der Waals surface area contributed by atoms with Crippen molar-refractivity contribution in [3.63, 3.8) is 0 Å². The average Bonchev–Trinajstić information content (AvgIpc) is 2.59. The third-order valence-electron chi connectivity index (χ3n) is 4.35. The highest BCUT2D eigenvalue weighted by atomic mass is 35.5. The second-order valence-corrected chi connectivity index (χ2v) is 7.74. The van der Waals surface area contributed by atoms with Gasteiger partial charge >= 0.3 is 0 Å². The maximum Gasteiger partial charge on any atom is 0.271 e. The number of nitro benzene ring substituents is 1. The quantitative estimate of drug-likeness (QED) is 0.561. The molecule has 0 radical (unpaired) electrons. The van der Waals surface area contributed by atoms with Crippen molar-refractivity contribution in [2.45, 2.75) is 24.2 Å². The largest absolute Gasteiger partial charge is 0.495 e. The molecule has 1 aromatic carbocycles. The monoisotopic (exact) mass is 393 g/mol. The predicted octanol–water partition coefficient (Wildman–Crippen LogP) is 2.04. The molecule has 1 N–H and O–H groups in total. The van der Waals surface area contributed by atoms with Gasteiger partial charge in [0.2, 0.25) is 10.0 Å². The van der Waals surface area contributed by atoms with Crippen LogP contribution in [0.4, 0.5) is 5.69 Å². The van der Waals surface area contributed by atoms with Gasteiger partial charge in [0.05, 0.1) is 12.0 Å². The lowest BCUT2D eigenvalue weighted by Gasteiger charge is -2.31. The van der Waals surface area contributed by atoms with Gasteiger partial charge < -0.3 is 10.1 Å². The van der Waals surface area contributed by atoms with Crippen molar-refractivity contribution < 1.29 is 18.1 Å². The summed E-state index contributed by atoms with van der Waals surface area (Å²) in [6, 6.07) is 3.63. The molecule has 0 atom stereocenters. The van der Waals surface area contributed by atoms with Crippen LogP contribution in [0.25, 0.3) is 0 Å². The van der Waals surface area contributed by atoms with Crippen molar-refractivity contribution in [3.05, 3.63) is 28.3 Å². The van der Waals surface area contributed by atoms with Crippen LogP contribution in [-0.2, 0) is 10.0 Å². The number of rotatable bonds is 7. The predicted molar refractivity (Wildman–Crippen MR) is 96.9 cm³/mol. The fourth-order valence-electron chi connectivity index (χ4n) is 2.91. The van der Waals surface area contributed by atoms with Crippen LogP contribution in [0.1, 0.15) is 19.3 Å². The van der Waals surface area contributed by atoms with Crippen LogP contribution in [0.3, 0.4) is 0 Å². The van der Waals surface area contributed by atoms with Crippen LogP contribution in [-0.4, -0.2) is 51.4 Å². The van der Waals surface area contributed by atoms with E-state index >= 15 is 0 Å². The molecule has 142 valence electrons. The molecule has 1 saturated heterocycles. The van der Waals surface area contributed by atoms with Crippen molar-refractivity contribution in [2.24, 2.45) is 5.92 Å². The van der Waals surface area contributed by atoms with Gasteiger partial charge in [0.15, 0.2) is 0 Å². The first kappa shape index (κ1) is 21.6. The smallest absolute Gasteiger partial charge is 0.271 e. The normalized spacial score (nSPS) is 16.2. The molecular formula is C15H24ClN3O5S. The minimum absolute atomic E-state index is 0. The Kier molecular flexibility index (Phi) is 8.07. The summed E-state index contributed by atoms with van der Waals surface area (Å²) in [5.74, 6) is 0.619. The Bertz CT molecular complexity index is 690. The second-order valence-electron chi connectivity index (χ2n) is 5.83. The van der Waals surface area contributed by atoms with E-state index in [-0.39, 0.29) is 28.7 Å². The van der Waals surface area contributed by atoms with Crippen LogP contribution in [0, 0.1) is 16.0 Å². The van der Waals surface area contributed by atoms with Crippen molar-refractivity contribution in [1.82, 2.24) is 9.62 Å². The molecule has 1 heterocycles. The van der Waals surface area contributed by atoms with Crippen molar-refractivity contribution in [1.29, 1.82) is 0 Å². The van der Waals surface area contributed by atoms with E-state index in [1.165, 1.54) is 23.5 Å². The van der Waals surface area contributed by atoms with Gasteiger partial charge in [-0.25, -0.2) is 8.42 Å². The molecule has 0 spiro atoms. The maximum absolute atomic E-state index is 12.9. The number of piperidine rings is 1. The Hall–Kier alpha value is -1.42. The van der Waals surface area contributed by atoms with Gasteiger partial charge in [-0.05, 0) is 44.8 Å². The Labute approximate surface area is 154 Å². The highest BCUT2D eigenvalue weighted by Gasteiger charge is 2.32. The van der Waals surface area contributed by atoms with E-state index in [0.29, 0.717) is 19.0 Å². The molecule has 1 aliphatic rings. The average molecular weight is 394 g/mol. The first-order chi connectivity index (χ1) is 11.4. The third kappa shape index (κ3) is 5.04. The van der Waals surface area contributed by atoms with Crippen LogP contribution in [0.5, 0.6) is 5.75 Å². The van der Waals surface area contributed by atoms with Crippen LogP contribution >= 0.6 is 12.4 Å². The van der Waals surface area contributed by atoms with Gasteiger partial charge in [0, 0.05) is 25.2 Å². The van der Waals surface area contributed by atoms with Crippen molar-refractivity contribution in [3.8, 4) is 5.75 Å². The van der Waals surface area contributed by atoms with Crippen LogP contribution < -0.4 is 10.1 Å². The van der Waals surface area contributed by atoms with Gasteiger partial charge in [0.25, 0.3) is 5.69 Å². The summed E-state index contributed by atoms with van der Waals surface area (Å²) in [5.41, 5.74) is -0.265. The summed E-state index contributed by atoms with van der Waals surface area (Å²) < 4.78 is 32.2. The number of nitro groups is 1. The molecule has 1 aliphatic heterocycles. The molecule has 10 heteroatoms. The molecule has 2 rings (SSSR count). The standard InChI is InChI=1S/C15H23N3O5S.ClH/c1-16-8-5-12-6-9-17(10-7-12)24(21,22)15-11-13(18(19)20)3-4-14(15)23-2;/h3-4,11-12,16H,5-10H2,1-2H3;1H. The molecule has 0 saturated carbocycles. The molecule has 1 fully saturated rings. The summed E-state index contributed by atoms with van der Waals surface area (Å²) in [7, 11) is -0.568. The summed E-state index contributed by atoms with van der Waals surface area (Å²) >= 11 is 0. The number of benzene rings is 1. The fraction of sp³-hybridized carbons (Fsp3) is 0.600. The molecule has 0 bridgehead atoms. The number of hydrogen-bond donors (Lipinski definition) is 1. The number of non-ortho nitro benzene ring substituents is 1. The Balaban J connectivity index is 0.00000312. The van der Waals surface area contributed by atoms with E-state index in [0.717, 1.165) is 31.9 Å². The third-order valence-corrected chi connectivity index (χ3v) is 6.27. The number of nitrogens with zero attached hydrogens (tertiary/aromatic N) is 2. The number of methoxy groups -OCH3 is 1.